The van der Waals surface area contributed by atoms with E-state index in [9.17, 15) is 5.26 Å². The molecule has 2 heteroatoms. The van der Waals surface area contributed by atoms with Gasteiger partial charge in [-0.05, 0) is 43.4 Å². The van der Waals surface area contributed by atoms with Crippen molar-refractivity contribution in [1.82, 2.24) is 0 Å². The SMILES string of the molecule is CCc1cccc(OC2CCCCCC2C#N)c1. The number of benzene rings is 1. The highest BCUT2D eigenvalue weighted by atomic mass is 16.5. The highest BCUT2D eigenvalue weighted by Gasteiger charge is 2.25. The van der Waals surface area contributed by atoms with Gasteiger partial charge in [-0.15, -0.1) is 0 Å². The molecule has 0 spiro atoms. The van der Waals surface area contributed by atoms with Gasteiger partial charge in [-0.1, -0.05) is 31.9 Å². The Kier molecular flexibility index (Phi) is 4.64. The van der Waals surface area contributed by atoms with Crippen LogP contribution in [0.3, 0.4) is 0 Å². The van der Waals surface area contributed by atoms with E-state index in [4.69, 9.17) is 4.74 Å². The Hall–Kier alpha value is -1.49. The third kappa shape index (κ3) is 3.26. The molecule has 0 bridgehead atoms. The molecular formula is C16H21NO. The predicted molar refractivity (Wildman–Crippen MR) is 72.4 cm³/mol. The number of aryl methyl sites for hydroxylation is 1. The second kappa shape index (κ2) is 6.44. The Labute approximate surface area is 110 Å². The zero-order valence-corrected chi connectivity index (χ0v) is 11.1. The van der Waals surface area contributed by atoms with Gasteiger partial charge >= 0.3 is 0 Å². The third-order valence-electron chi connectivity index (χ3n) is 3.71. The lowest BCUT2D eigenvalue weighted by Gasteiger charge is -2.21. The van der Waals surface area contributed by atoms with Gasteiger partial charge in [0.1, 0.15) is 11.9 Å². The monoisotopic (exact) mass is 243 g/mol. The van der Waals surface area contributed by atoms with Crippen LogP contribution in [0, 0.1) is 17.2 Å². The van der Waals surface area contributed by atoms with Gasteiger partial charge in [0, 0.05) is 0 Å². The maximum absolute atomic E-state index is 9.24. The van der Waals surface area contributed by atoms with Crippen molar-refractivity contribution in [3.05, 3.63) is 29.8 Å². The van der Waals surface area contributed by atoms with Gasteiger partial charge in [-0.3, -0.25) is 0 Å². The average Bonchev–Trinajstić information content (AvgIpc) is 2.64. The van der Waals surface area contributed by atoms with Gasteiger partial charge < -0.3 is 4.74 Å². The molecule has 1 aliphatic carbocycles. The van der Waals surface area contributed by atoms with Crippen LogP contribution in [0.2, 0.25) is 0 Å². The molecule has 0 aliphatic heterocycles. The van der Waals surface area contributed by atoms with Crippen molar-refractivity contribution in [3.63, 3.8) is 0 Å². The van der Waals surface area contributed by atoms with Gasteiger partial charge in [0.05, 0.1) is 12.0 Å². The van der Waals surface area contributed by atoms with Crippen molar-refractivity contribution in [1.29, 1.82) is 5.26 Å². The van der Waals surface area contributed by atoms with Gasteiger partial charge in [-0.25, -0.2) is 0 Å². The molecule has 2 unspecified atom stereocenters. The molecule has 0 amide bonds. The number of ether oxygens (including phenoxy) is 1. The van der Waals surface area contributed by atoms with E-state index in [1.54, 1.807) is 0 Å². The molecule has 0 aromatic heterocycles. The average molecular weight is 243 g/mol. The van der Waals surface area contributed by atoms with Crippen LogP contribution in [0.4, 0.5) is 0 Å². The quantitative estimate of drug-likeness (QED) is 0.749. The Morgan fingerprint density at radius 1 is 1.28 bits per heavy atom. The highest BCUT2D eigenvalue weighted by molar-refractivity contribution is 5.28. The van der Waals surface area contributed by atoms with Crippen LogP contribution in [-0.2, 0) is 6.42 Å². The lowest BCUT2D eigenvalue weighted by molar-refractivity contribution is 0.152. The molecule has 2 nitrogen and oxygen atoms in total. The summed E-state index contributed by atoms with van der Waals surface area (Å²) in [7, 11) is 0. The van der Waals surface area contributed by atoms with E-state index in [2.05, 4.69) is 25.1 Å². The van der Waals surface area contributed by atoms with E-state index >= 15 is 0 Å². The minimum absolute atomic E-state index is 0.0535. The fraction of sp³-hybridized carbons (Fsp3) is 0.562. The standard InChI is InChI=1S/C16H21NO/c1-2-13-7-6-9-15(11-13)18-16-10-5-3-4-8-14(16)12-17/h6-7,9,11,14,16H,2-5,8,10H2,1H3. The molecule has 0 saturated heterocycles. The maximum Gasteiger partial charge on any atom is 0.120 e. The lowest BCUT2D eigenvalue weighted by atomic mass is 9.99. The van der Waals surface area contributed by atoms with Crippen molar-refractivity contribution in [3.8, 4) is 11.8 Å². The summed E-state index contributed by atoms with van der Waals surface area (Å²) >= 11 is 0. The minimum Gasteiger partial charge on any atom is -0.489 e. The van der Waals surface area contributed by atoms with E-state index in [1.807, 2.05) is 12.1 Å². The maximum atomic E-state index is 9.24. The molecule has 0 radical (unpaired) electrons. The molecule has 96 valence electrons. The Balaban J connectivity index is 2.08. The van der Waals surface area contributed by atoms with Crippen molar-refractivity contribution < 1.29 is 4.74 Å². The number of rotatable bonds is 3. The molecule has 0 N–H and O–H groups in total. The van der Waals surface area contributed by atoms with Gasteiger partial charge in [-0.2, -0.15) is 5.26 Å². The summed E-state index contributed by atoms with van der Waals surface area (Å²) in [4.78, 5) is 0. The largest absolute Gasteiger partial charge is 0.489 e. The molecule has 2 rings (SSSR count). The second-order valence-electron chi connectivity index (χ2n) is 5.03. The van der Waals surface area contributed by atoms with Crippen molar-refractivity contribution in [2.75, 3.05) is 0 Å². The van der Waals surface area contributed by atoms with E-state index in [0.717, 1.165) is 31.4 Å². The molecule has 0 heterocycles. The van der Waals surface area contributed by atoms with Crippen molar-refractivity contribution in [2.45, 2.75) is 51.6 Å². The van der Waals surface area contributed by atoms with Gasteiger partial charge in [0.25, 0.3) is 0 Å². The summed E-state index contributed by atoms with van der Waals surface area (Å²) in [6, 6.07) is 10.7. The smallest absolute Gasteiger partial charge is 0.120 e. The van der Waals surface area contributed by atoms with Gasteiger partial charge in [0.2, 0.25) is 0 Å². The number of nitrogens with zero attached hydrogens (tertiary/aromatic N) is 1. The van der Waals surface area contributed by atoms with Crippen LogP contribution in [-0.4, -0.2) is 6.10 Å². The summed E-state index contributed by atoms with van der Waals surface area (Å²) in [5.74, 6) is 0.972. The van der Waals surface area contributed by atoms with Crippen LogP contribution in [0.15, 0.2) is 24.3 Å². The van der Waals surface area contributed by atoms with Crippen molar-refractivity contribution in [2.24, 2.45) is 5.92 Å². The van der Waals surface area contributed by atoms with Crippen LogP contribution < -0.4 is 4.74 Å². The zero-order valence-electron chi connectivity index (χ0n) is 11.1. The van der Waals surface area contributed by atoms with Gasteiger partial charge in [0.15, 0.2) is 0 Å². The molecule has 1 saturated carbocycles. The number of hydrogen-bond acceptors (Lipinski definition) is 2. The molecule has 1 aromatic rings. The number of nitriles is 1. The zero-order chi connectivity index (χ0) is 12.8. The van der Waals surface area contributed by atoms with Crippen LogP contribution in [0.1, 0.15) is 44.6 Å². The first-order valence-corrected chi connectivity index (χ1v) is 6.98. The van der Waals surface area contributed by atoms with Crippen LogP contribution in [0.25, 0.3) is 0 Å². The van der Waals surface area contributed by atoms with E-state index in [-0.39, 0.29) is 12.0 Å². The Morgan fingerprint density at radius 2 is 2.11 bits per heavy atom. The summed E-state index contributed by atoms with van der Waals surface area (Å²) in [6.45, 7) is 2.14. The summed E-state index contributed by atoms with van der Waals surface area (Å²) in [5, 5.41) is 9.24. The first-order valence-electron chi connectivity index (χ1n) is 6.98. The Bertz CT molecular complexity index is 421. The fourth-order valence-electron chi connectivity index (χ4n) is 2.58. The molecule has 2 atom stereocenters. The van der Waals surface area contributed by atoms with E-state index in [1.165, 1.54) is 18.4 Å². The first kappa shape index (κ1) is 13.0. The molecular weight excluding hydrogens is 222 g/mol. The van der Waals surface area contributed by atoms with Crippen molar-refractivity contribution >= 4 is 0 Å². The predicted octanol–water partition coefficient (Wildman–Crippen LogP) is 4.10. The highest BCUT2D eigenvalue weighted by Crippen LogP contribution is 2.27. The molecule has 1 aliphatic rings. The minimum atomic E-state index is 0.0535. The Morgan fingerprint density at radius 3 is 2.89 bits per heavy atom. The second-order valence-corrected chi connectivity index (χ2v) is 5.03. The summed E-state index contributed by atoms with van der Waals surface area (Å²) in [6.07, 6.45) is 6.65. The van der Waals surface area contributed by atoms with E-state index in [0.29, 0.717) is 0 Å². The molecule has 18 heavy (non-hydrogen) atoms. The summed E-state index contributed by atoms with van der Waals surface area (Å²) in [5.41, 5.74) is 1.29. The molecule has 1 aromatic carbocycles. The third-order valence-corrected chi connectivity index (χ3v) is 3.71. The van der Waals surface area contributed by atoms with E-state index < -0.39 is 0 Å². The van der Waals surface area contributed by atoms with Crippen LogP contribution >= 0.6 is 0 Å². The number of hydrogen-bond donors (Lipinski definition) is 0. The first-order chi connectivity index (χ1) is 8.83. The lowest BCUT2D eigenvalue weighted by Crippen LogP contribution is -2.24. The summed E-state index contributed by atoms with van der Waals surface area (Å²) < 4.78 is 6.06. The van der Waals surface area contributed by atoms with Crippen LogP contribution in [0.5, 0.6) is 5.75 Å². The molecule has 1 fully saturated rings. The topological polar surface area (TPSA) is 33.0 Å². The fourth-order valence-corrected chi connectivity index (χ4v) is 2.58. The normalized spacial score (nSPS) is 24.0.